The lowest BCUT2D eigenvalue weighted by Gasteiger charge is -2.13. The van der Waals surface area contributed by atoms with Crippen LogP contribution in [-0.4, -0.2) is 49.2 Å². The number of hydrogen-bond donors (Lipinski definition) is 2. The highest BCUT2D eigenvalue weighted by molar-refractivity contribution is 14.0. The van der Waals surface area contributed by atoms with Gasteiger partial charge in [-0.3, -0.25) is 4.99 Å². The van der Waals surface area contributed by atoms with E-state index in [0.717, 1.165) is 48.0 Å². The number of guanidine groups is 1. The summed E-state index contributed by atoms with van der Waals surface area (Å²) in [5, 5.41) is 11.1. The van der Waals surface area contributed by atoms with Crippen molar-refractivity contribution in [2.75, 3.05) is 38.7 Å². The molecule has 3 rings (SSSR count). The second kappa shape index (κ2) is 14.5. The van der Waals surface area contributed by atoms with Crippen molar-refractivity contribution in [1.82, 2.24) is 15.1 Å². The summed E-state index contributed by atoms with van der Waals surface area (Å²) >= 11 is 0. The number of benzene rings is 2. The van der Waals surface area contributed by atoms with Crippen molar-refractivity contribution in [1.29, 1.82) is 0 Å². The second-order valence-electron chi connectivity index (χ2n) is 6.99. The van der Waals surface area contributed by atoms with Gasteiger partial charge >= 0.3 is 0 Å². The van der Waals surface area contributed by atoms with Gasteiger partial charge in [-0.15, -0.1) is 24.0 Å². The first-order valence-corrected chi connectivity index (χ1v) is 10.6. The number of aromatic nitrogens is 2. The summed E-state index contributed by atoms with van der Waals surface area (Å²) in [6, 6.07) is 18.0. The molecular formula is C24H32IN5O2. The van der Waals surface area contributed by atoms with E-state index in [0.29, 0.717) is 19.8 Å². The first kappa shape index (κ1) is 25.7. The molecule has 0 atom stereocenters. The number of halogens is 1. The molecule has 0 bridgehead atoms. The minimum Gasteiger partial charge on any atom is -0.493 e. The van der Waals surface area contributed by atoms with Crippen LogP contribution in [0.25, 0.3) is 5.69 Å². The summed E-state index contributed by atoms with van der Waals surface area (Å²) in [6.45, 7) is 4.81. The Balaban J connectivity index is 0.00000363. The maximum Gasteiger partial charge on any atom is 0.195 e. The third kappa shape index (κ3) is 8.51. The topological polar surface area (TPSA) is 72.7 Å². The van der Waals surface area contributed by atoms with Gasteiger partial charge in [-0.25, -0.2) is 4.68 Å². The number of nitrogens with one attached hydrogen (secondary N) is 2. The van der Waals surface area contributed by atoms with Gasteiger partial charge in [0.25, 0.3) is 0 Å². The van der Waals surface area contributed by atoms with Crippen LogP contribution >= 0.6 is 24.0 Å². The predicted octanol–water partition coefficient (Wildman–Crippen LogP) is 4.53. The van der Waals surface area contributed by atoms with E-state index >= 15 is 0 Å². The normalized spacial score (nSPS) is 11.0. The van der Waals surface area contributed by atoms with Gasteiger partial charge in [0.2, 0.25) is 0 Å². The minimum atomic E-state index is 0. The molecule has 2 aromatic carbocycles. The van der Waals surface area contributed by atoms with Gasteiger partial charge in [-0.2, -0.15) is 5.10 Å². The molecule has 0 unspecified atom stereocenters. The summed E-state index contributed by atoms with van der Waals surface area (Å²) in [6.07, 6.45) is 5.62. The summed E-state index contributed by atoms with van der Waals surface area (Å²) in [7, 11) is 1.70. The summed E-state index contributed by atoms with van der Waals surface area (Å²) in [4.78, 5) is 4.70. The Kier molecular flexibility index (Phi) is 11.6. The summed E-state index contributed by atoms with van der Waals surface area (Å²) in [5.41, 5.74) is 3.13. The molecule has 0 aliphatic heterocycles. The van der Waals surface area contributed by atoms with Crippen molar-refractivity contribution in [2.45, 2.75) is 19.8 Å². The zero-order valence-electron chi connectivity index (χ0n) is 18.7. The molecule has 1 aromatic heterocycles. The standard InChI is InChI=1S/C24H31N5O2.HI/c1-3-25-24(28-21-9-7-12-23(17-21)31-16-8-15-30-2)26-14-13-20-18-27-29(19-20)22-10-5-4-6-11-22;/h4-7,9-12,17-19H,3,8,13-16H2,1-2H3,(H2,25,26,28);1H. The number of ether oxygens (including phenoxy) is 2. The zero-order chi connectivity index (χ0) is 21.7. The van der Waals surface area contributed by atoms with E-state index in [9.17, 15) is 0 Å². The van der Waals surface area contributed by atoms with E-state index in [4.69, 9.17) is 14.5 Å². The van der Waals surface area contributed by atoms with E-state index in [1.54, 1.807) is 7.11 Å². The Labute approximate surface area is 207 Å². The largest absolute Gasteiger partial charge is 0.493 e. The van der Waals surface area contributed by atoms with Gasteiger partial charge in [-0.05, 0) is 43.2 Å². The predicted molar refractivity (Wildman–Crippen MR) is 141 cm³/mol. The Hall–Kier alpha value is -2.59. The van der Waals surface area contributed by atoms with Crippen molar-refractivity contribution < 1.29 is 9.47 Å². The van der Waals surface area contributed by atoms with E-state index in [2.05, 4.69) is 28.9 Å². The van der Waals surface area contributed by atoms with Crippen LogP contribution in [0.15, 0.2) is 72.0 Å². The van der Waals surface area contributed by atoms with E-state index in [1.165, 1.54) is 0 Å². The Bertz CT molecular complexity index is 946. The van der Waals surface area contributed by atoms with E-state index in [-0.39, 0.29) is 24.0 Å². The molecule has 3 aromatic rings. The number of rotatable bonds is 11. The first-order valence-electron chi connectivity index (χ1n) is 10.6. The molecular weight excluding hydrogens is 517 g/mol. The molecule has 172 valence electrons. The SMILES string of the molecule is CCNC(=NCCc1cnn(-c2ccccc2)c1)Nc1cccc(OCCCOC)c1.I. The Morgan fingerprint density at radius 2 is 1.94 bits per heavy atom. The lowest BCUT2D eigenvalue weighted by atomic mass is 10.2. The number of aliphatic imine (C=N–C) groups is 1. The molecule has 2 N–H and O–H groups in total. The van der Waals surface area contributed by atoms with Crippen molar-refractivity contribution in [2.24, 2.45) is 4.99 Å². The molecule has 0 fully saturated rings. The molecule has 0 aliphatic rings. The van der Waals surface area contributed by atoms with Crippen LogP contribution in [0.3, 0.4) is 0 Å². The minimum absolute atomic E-state index is 0. The van der Waals surface area contributed by atoms with Crippen LogP contribution in [0.1, 0.15) is 18.9 Å². The number of anilines is 1. The van der Waals surface area contributed by atoms with Gasteiger partial charge in [0, 0.05) is 51.2 Å². The molecule has 1 heterocycles. The smallest absolute Gasteiger partial charge is 0.195 e. The molecule has 0 aliphatic carbocycles. The Morgan fingerprint density at radius 1 is 1.09 bits per heavy atom. The van der Waals surface area contributed by atoms with Crippen LogP contribution in [0.4, 0.5) is 5.69 Å². The van der Waals surface area contributed by atoms with Crippen LogP contribution < -0.4 is 15.4 Å². The lowest BCUT2D eigenvalue weighted by Crippen LogP contribution is -2.30. The first-order chi connectivity index (χ1) is 15.3. The van der Waals surface area contributed by atoms with Crippen molar-refractivity contribution in [3.63, 3.8) is 0 Å². The molecule has 0 spiro atoms. The van der Waals surface area contributed by atoms with Crippen molar-refractivity contribution in [3.8, 4) is 11.4 Å². The maximum atomic E-state index is 5.78. The van der Waals surface area contributed by atoms with Crippen LogP contribution in [0.2, 0.25) is 0 Å². The van der Waals surface area contributed by atoms with Crippen LogP contribution in [0, 0.1) is 0 Å². The molecule has 7 nitrogen and oxygen atoms in total. The third-order valence-corrected chi connectivity index (χ3v) is 4.53. The molecule has 0 saturated heterocycles. The molecule has 0 saturated carbocycles. The average molecular weight is 549 g/mol. The molecule has 0 radical (unpaired) electrons. The Morgan fingerprint density at radius 3 is 2.72 bits per heavy atom. The van der Waals surface area contributed by atoms with Gasteiger partial charge < -0.3 is 20.1 Å². The highest BCUT2D eigenvalue weighted by atomic mass is 127. The quantitative estimate of drug-likeness (QED) is 0.159. The van der Waals surface area contributed by atoms with Gasteiger partial charge in [0.05, 0.1) is 18.5 Å². The molecule has 32 heavy (non-hydrogen) atoms. The third-order valence-electron chi connectivity index (χ3n) is 4.53. The van der Waals surface area contributed by atoms with Gasteiger partial charge in [0.15, 0.2) is 5.96 Å². The monoisotopic (exact) mass is 549 g/mol. The fourth-order valence-corrected chi connectivity index (χ4v) is 3.01. The fraction of sp³-hybridized carbons (Fsp3) is 0.333. The average Bonchev–Trinajstić information content (AvgIpc) is 3.27. The van der Waals surface area contributed by atoms with Crippen molar-refractivity contribution in [3.05, 3.63) is 72.6 Å². The second-order valence-corrected chi connectivity index (χ2v) is 6.99. The maximum absolute atomic E-state index is 5.78. The number of nitrogens with zero attached hydrogens (tertiary/aromatic N) is 3. The van der Waals surface area contributed by atoms with E-state index in [1.807, 2.05) is 65.5 Å². The number of methoxy groups -OCH3 is 1. The van der Waals surface area contributed by atoms with Crippen molar-refractivity contribution >= 4 is 35.6 Å². The highest BCUT2D eigenvalue weighted by Gasteiger charge is 2.03. The van der Waals surface area contributed by atoms with Gasteiger partial charge in [0.1, 0.15) is 5.75 Å². The summed E-state index contributed by atoms with van der Waals surface area (Å²) < 4.78 is 12.7. The van der Waals surface area contributed by atoms with E-state index < -0.39 is 0 Å². The van der Waals surface area contributed by atoms with Crippen LogP contribution in [-0.2, 0) is 11.2 Å². The zero-order valence-corrected chi connectivity index (χ0v) is 21.0. The number of hydrogen-bond acceptors (Lipinski definition) is 4. The highest BCUT2D eigenvalue weighted by Crippen LogP contribution is 2.17. The van der Waals surface area contributed by atoms with Gasteiger partial charge in [-0.1, -0.05) is 24.3 Å². The van der Waals surface area contributed by atoms with Crippen LogP contribution in [0.5, 0.6) is 5.75 Å². The molecule has 0 amide bonds. The lowest BCUT2D eigenvalue weighted by molar-refractivity contribution is 0.172. The fourth-order valence-electron chi connectivity index (χ4n) is 3.01. The molecule has 8 heteroatoms. The number of para-hydroxylation sites is 1. The summed E-state index contributed by atoms with van der Waals surface area (Å²) in [5.74, 6) is 1.57.